The first-order valence-electron chi connectivity index (χ1n) is 5.81. The third kappa shape index (κ3) is 12.3. The molecule has 2 N–H and O–H groups in total. The van der Waals surface area contributed by atoms with E-state index in [0.29, 0.717) is 6.61 Å². The second kappa shape index (κ2) is 13.3. The molecule has 0 spiro atoms. The fourth-order valence-corrected chi connectivity index (χ4v) is 2.04. The van der Waals surface area contributed by atoms with Gasteiger partial charge in [-0.25, -0.2) is 0 Å². The number of rotatable bonds is 11. The van der Waals surface area contributed by atoms with Crippen LogP contribution in [0.2, 0.25) is 0 Å². The van der Waals surface area contributed by atoms with Crippen molar-refractivity contribution in [3.63, 3.8) is 0 Å². The minimum absolute atomic E-state index is 0.331. The average molecular weight is 219 g/mol. The quantitative estimate of drug-likeness (QED) is 0.523. The Morgan fingerprint density at radius 3 is 2.57 bits per heavy atom. The van der Waals surface area contributed by atoms with Gasteiger partial charge >= 0.3 is 0 Å². The molecule has 0 bridgehead atoms. The average Bonchev–Trinajstić information content (AvgIpc) is 2.21. The van der Waals surface area contributed by atoms with E-state index >= 15 is 0 Å². The molecule has 0 rings (SSSR count). The van der Waals surface area contributed by atoms with Gasteiger partial charge in [0.15, 0.2) is 0 Å². The lowest BCUT2D eigenvalue weighted by atomic mass is 10.2. The Labute approximate surface area is 92.9 Å². The van der Waals surface area contributed by atoms with Gasteiger partial charge in [0.05, 0.1) is 0 Å². The van der Waals surface area contributed by atoms with Crippen molar-refractivity contribution < 1.29 is 5.11 Å². The van der Waals surface area contributed by atoms with Gasteiger partial charge in [0.25, 0.3) is 0 Å². The summed E-state index contributed by atoms with van der Waals surface area (Å²) in [5, 5.41) is 12.0. The lowest BCUT2D eigenvalue weighted by Gasteiger charge is -2.03. The van der Waals surface area contributed by atoms with Crippen LogP contribution in [0.5, 0.6) is 0 Å². The SMILES string of the molecule is CCCCCCNCCSCCCO. The zero-order valence-corrected chi connectivity index (χ0v) is 10.2. The zero-order chi connectivity index (χ0) is 10.5. The molecule has 0 unspecified atom stereocenters. The van der Waals surface area contributed by atoms with E-state index in [9.17, 15) is 0 Å². The first-order chi connectivity index (χ1) is 6.91. The summed E-state index contributed by atoms with van der Waals surface area (Å²) in [7, 11) is 0. The molecule has 0 aliphatic rings. The minimum Gasteiger partial charge on any atom is -0.396 e. The van der Waals surface area contributed by atoms with Crippen LogP contribution in [-0.4, -0.2) is 36.3 Å². The summed E-state index contributed by atoms with van der Waals surface area (Å²) in [5.41, 5.74) is 0. The Morgan fingerprint density at radius 2 is 1.86 bits per heavy atom. The largest absolute Gasteiger partial charge is 0.396 e. The van der Waals surface area contributed by atoms with Crippen LogP contribution in [0.4, 0.5) is 0 Å². The third-order valence-electron chi connectivity index (χ3n) is 2.08. The summed E-state index contributed by atoms with van der Waals surface area (Å²) in [6, 6.07) is 0. The highest BCUT2D eigenvalue weighted by molar-refractivity contribution is 7.99. The fourth-order valence-electron chi connectivity index (χ4n) is 1.21. The Hall–Kier alpha value is 0.270. The van der Waals surface area contributed by atoms with Gasteiger partial charge in [-0.3, -0.25) is 0 Å². The van der Waals surface area contributed by atoms with E-state index in [1.54, 1.807) is 0 Å². The molecule has 3 heteroatoms. The first-order valence-corrected chi connectivity index (χ1v) is 6.96. The highest BCUT2D eigenvalue weighted by Gasteiger charge is 1.90. The number of thioether (sulfide) groups is 1. The molecule has 0 saturated carbocycles. The number of aliphatic hydroxyl groups is 1. The molecule has 0 aromatic heterocycles. The second-order valence-electron chi connectivity index (χ2n) is 3.50. The number of unbranched alkanes of at least 4 members (excludes halogenated alkanes) is 3. The molecule has 0 aliphatic heterocycles. The lowest BCUT2D eigenvalue weighted by molar-refractivity contribution is 0.296. The Kier molecular flexibility index (Phi) is 13.5. The van der Waals surface area contributed by atoms with Crippen LogP contribution in [0.3, 0.4) is 0 Å². The first kappa shape index (κ1) is 14.3. The Bertz CT molecular complexity index is 89.3. The van der Waals surface area contributed by atoms with Gasteiger partial charge < -0.3 is 10.4 Å². The van der Waals surface area contributed by atoms with Crippen molar-refractivity contribution in [3.8, 4) is 0 Å². The van der Waals surface area contributed by atoms with Gasteiger partial charge in [-0.15, -0.1) is 0 Å². The number of hydrogen-bond donors (Lipinski definition) is 2. The summed E-state index contributed by atoms with van der Waals surface area (Å²) in [4.78, 5) is 0. The molecule has 14 heavy (non-hydrogen) atoms. The monoisotopic (exact) mass is 219 g/mol. The van der Waals surface area contributed by atoms with E-state index in [-0.39, 0.29) is 0 Å². The van der Waals surface area contributed by atoms with Crippen LogP contribution in [-0.2, 0) is 0 Å². The van der Waals surface area contributed by atoms with Gasteiger partial charge in [-0.1, -0.05) is 26.2 Å². The van der Waals surface area contributed by atoms with Crippen molar-refractivity contribution in [2.24, 2.45) is 0 Å². The van der Waals surface area contributed by atoms with E-state index in [1.807, 2.05) is 11.8 Å². The highest BCUT2D eigenvalue weighted by atomic mass is 32.2. The van der Waals surface area contributed by atoms with Crippen molar-refractivity contribution in [1.29, 1.82) is 0 Å². The maximum atomic E-state index is 8.56. The summed E-state index contributed by atoms with van der Waals surface area (Å²) in [6.07, 6.45) is 6.29. The molecule has 0 aromatic carbocycles. The van der Waals surface area contributed by atoms with Crippen molar-refractivity contribution in [2.75, 3.05) is 31.2 Å². The van der Waals surface area contributed by atoms with E-state index in [0.717, 1.165) is 18.7 Å². The molecule has 0 fully saturated rings. The van der Waals surface area contributed by atoms with E-state index < -0.39 is 0 Å². The van der Waals surface area contributed by atoms with Gasteiger partial charge in [0, 0.05) is 18.9 Å². The zero-order valence-electron chi connectivity index (χ0n) is 9.43. The summed E-state index contributed by atoms with van der Waals surface area (Å²) in [5.74, 6) is 2.27. The maximum absolute atomic E-state index is 8.56. The van der Waals surface area contributed by atoms with Gasteiger partial charge in [-0.2, -0.15) is 11.8 Å². The molecule has 0 amide bonds. The van der Waals surface area contributed by atoms with Crippen molar-refractivity contribution >= 4 is 11.8 Å². The van der Waals surface area contributed by atoms with Gasteiger partial charge in [-0.05, 0) is 25.1 Å². The summed E-state index contributed by atoms with van der Waals surface area (Å²) in [6.45, 7) is 4.85. The molecule has 86 valence electrons. The van der Waals surface area contributed by atoms with Crippen LogP contribution in [0.25, 0.3) is 0 Å². The minimum atomic E-state index is 0.331. The lowest BCUT2D eigenvalue weighted by Crippen LogP contribution is -2.18. The van der Waals surface area contributed by atoms with Gasteiger partial charge in [0.2, 0.25) is 0 Å². The Morgan fingerprint density at radius 1 is 1.00 bits per heavy atom. The molecular formula is C11H25NOS. The van der Waals surface area contributed by atoms with E-state index in [1.165, 1.54) is 38.0 Å². The molecule has 0 atom stereocenters. The topological polar surface area (TPSA) is 32.3 Å². The Balaban J connectivity index is 2.78. The standard InChI is InChI=1S/C11H25NOS/c1-2-3-4-5-7-12-8-11-14-10-6-9-13/h12-13H,2-11H2,1H3. The van der Waals surface area contributed by atoms with Crippen molar-refractivity contribution in [2.45, 2.75) is 39.0 Å². The maximum Gasteiger partial charge on any atom is 0.0438 e. The molecule has 0 radical (unpaired) electrons. The summed E-state index contributed by atoms with van der Waals surface area (Å²) >= 11 is 1.92. The predicted molar refractivity (Wildman–Crippen MR) is 66.0 cm³/mol. The van der Waals surface area contributed by atoms with Gasteiger partial charge in [0.1, 0.15) is 0 Å². The van der Waals surface area contributed by atoms with Crippen LogP contribution in [0.15, 0.2) is 0 Å². The third-order valence-corrected chi connectivity index (χ3v) is 3.15. The summed E-state index contributed by atoms with van der Waals surface area (Å²) < 4.78 is 0. The van der Waals surface area contributed by atoms with Crippen LogP contribution in [0.1, 0.15) is 39.0 Å². The molecule has 0 heterocycles. The molecule has 2 nitrogen and oxygen atoms in total. The highest BCUT2D eigenvalue weighted by Crippen LogP contribution is 2.00. The normalized spacial score (nSPS) is 10.7. The molecule has 0 saturated heterocycles. The smallest absolute Gasteiger partial charge is 0.0438 e. The van der Waals surface area contributed by atoms with Crippen molar-refractivity contribution in [3.05, 3.63) is 0 Å². The van der Waals surface area contributed by atoms with Crippen LogP contribution in [0, 0.1) is 0 Å². The molecule has 0 aliphatic carbocycles. The number of aliphatic hydroxyl groups excluding tert-OH is 1. The molecular weight excluding hydrogens is 194 g/mol. The molecule has 0 aromatic rings. The number of nitrogens with one attached hydrogen (secondary N) is 1. The van der Waals surface area contributed by atoms with Crippen LogP contribution >= 0.6 is 11.8 Å². The van der Waals surface area contributed by atoms with E-state index in [2.05, 4.69) is 12.2 Å². The van der Waals surface area contributed by atoms with Crippen molar-refractivity contribution in [1.82, 2.24) is 5.32 Å². The number of hydrogen-bond acceptors (Lipinski definition) is 3. The van der Waals surface area contributed by atoms with Crippen LogP contribution < -0.4 is 5.32 Å². The second-order valence-corrected chi connectivity index (χ2v) is 4.72. The van der Waals surface area contributed by atoms with E-state index in [4.69, 9.17) is 5.11 Å². The fraction of sp³-hybridized carbons (Fsp3) is 1.00. The predicted octanol–water partition coefficient (Wildman–Crippen LogP) is 2.27.